The Morgan fingerprint density at radius 2 is 1.82 bits per heavy atom. The number of aromatic nitrogens is 1. The van der Waals surface area contributed by atoms with E-state index in [0.29, 0.717) is 58.8 Å². The highest BCUT2D eigenvalue weighted by Crippen LogP contribution is 2.45. The molecule has 8 nitrogen and oxygen atoms in total. The van der Waals surface area contributed by atoms with E-state index in [4.69, 9.17) is 14.2 Å². The number of fused-ring (bicyclic) bond motifs is 2. The van der Waals surface area contributed by atoms with E-state index in [0.717, 1.165) is 10.3 Å². The van der Waals surface area contributed by atoms with Crippen LogP contribution in [0.3, 0.4) is 0 Å². The lowest BCUT2D eigenvalue weighted by atomic mass is 9.94. The maximum Gasteiger partial charge on any atom is 0.301 e. The van der Waals surface area contributed by atoms with Crippen molar-refractivity contribution in [1.82, 2.24) is 4.98 Å². The maximum absolute atomic E-state index is 13.5. The first-order valence-corrected chi connectivity index (χ1v) is 13.1. The first-order chi connectivity index (χ1) is 18.4. The molecule has 3 heterocycles. The van der Waals surface area contributed by atoms with Crippen LogP contribution in [-0.2, 0) is 9.59 Å². The fourth-order valence-electron chi connectivity index (χ4n) is 4.69. The fourth-order valence-corrected chi connectivity index (χ4v) is 5.71. The lowest BCUT2D eigenvalue weighted by molar-refractivity contribution is -0.132. The number of ketones is 1. The number of thiazole rings is 1. The third kappa shape index (κ3) is 4.05. The Bertz CT molecular complexity index is 1610. The van der Waals surface area contributed by atoms with Crippen LogP contribution in [0.15, 0.2) is 66.2 Å². The van der Waals surface area contributed by atoms with Gasteiger partial charge in [-0.05, 0) is 55.8 Å². The largest absolute Gasteiger partial charge is 0.507 e. The molecule has 0 spiro atoms. The van der Waals surface area contributed by atoms with Crippen molar-refractivity contribution in [3.63, 3.8) is 0 Å². The number of ether oxygens (including phenoxy) is 3. The Hall–Kier alpha value is -4.37. The molecule has 38 heavy (non-hydrogen) atoms. The molecular formula is C29H24N2O6S. The van der Waals surface area contributed by atoms with E-state index < -0.39 is 17.7 Å². The Balaban J connectivity index is 1.51. The summed E-state index contributed by atoms with van der Waals surface area (Å²) in [6.45, 7) is 5.21. The summed E-state index contributed by atoms with van der Waals surface area (Å²) in [5.41, 5.74) is 2.74. The topological polar surface area (TPSA) is 98.2 Å². The molecule has 4 aromatic rings. The van der Waals surface area contributed by atoms with Crippen LogP contribution in [0.25, 0.3) is 16.0 Å². The highest BCUT2D eigenvalue weighted by molar-refractivity contribution is 7.22. The molecule has 0 saturated carbocycles. The van der Waals surface area contributed by atoms with Gasteiger partial charge in [-0.1, -0.05) is 41.2 Å². The number of aliphatic hydroxyl groups is 1. The molecule has 2 aliphatic rings. The van der Waals surface area contributed by atoms with Gasteiger partial charge in [0.05, 0.1) is 28.4 Å². The van der Waals surface area contributed by atoms with Crippen LogP contribution in [0.2, 0.25) is 0 Å². The average Bonchev–Trinajstić information content (AvgIpc) is 3.46. The maximum atomic E-state index is 13.5. The van der Waals surface area contributed by atoms with Crippen molar-refractivity contribution in [1.29, 1.82) is 0 Å². The van der Waals surface area contributed by atoms with Gasteiger partial charge in [0, 0.05) is 5.56 Å². The van der Waals surface area contributed by atoms with Gasteiger partial charge in [-0.15, -0.1) is 0 Å². The Labute approximate surface area is 222 Å². The second-order valence-corrected chi connectivity index (χ2v) is 10.0. The van der Waals surface area contributed by atoms with Gasteiger partial charge >= 0.3 is 5.91 Å². The molecule has 0 aliphatic carbocycles. The molecule has 0 radical (unpaired) electrons. The summed E-state index contributed by atoms with van der Waals surface area (Å²) in [6.07, 6.45) is 0. The van der Waals surface area contributed by atoms with Crippen molar-refractivity contribution in [3.05, 3.63) is 82.9 Å². The number of anilines is 1. The van der Waals surface area contributed by atoms with Crippen LogP contribution < -0.4 is 19.1 Å². The summed E-state index contributed by atoms with van der Waals surface area (Å²) in [6, 6.07) is 17.1. The quantitative estimate of drug-likeness (QED) is 0.210. The lowest BCUT2D eigenvalue weighted by Crippen LogP contribution is -2.29. The first-order valence-electron chi connectivity index (χ1n) is 12.3. The predicted octanol–water partition coefficient (Wildman–Crippen LogP) is 5.40. The average molecular weight is 529 g/mol. The predicted molar refractivity (Wildman–Crippen MR) is 144 cm³/mol. The molecule has 1 aromatic heterocycles. The number of aryl methyl sites for hydroxylation is 1. The van der Waals surface area contributed by atoms with Crippen LogP contribution >= 0.6 is 11.3 Å². The second-order valence-electron chi connectivity index (χ2n) is 9.00. The van der Waals surface area contributed by atoms with Gasteiger partial charge in [-0.3, -0.25) is 14.5 Å². The number of Topliss-reactive ketones (excluding diaryl/α,β-unsaturated/α-hetero) is 1. The summed E-state index contributed by atoms with van der Waals surface area (Å²) in [5, 5.41) is 11.8. The summed E-state index contributed by atoms with van der Waals surface area (Å²) < 4.78 is 17.7. The third-order valence-electron chi connectivity index (χ3n) is 6.52. The smallest absolute Gasteiger partial charge is 0.301 e. The van der Waals surface area contributed by atoms with Crippen molar-refractivity contribution in [2.24, 2.45) is 0 Å². The number of nitrogens with zero attached hydrogens (tertiary/aromatic N) is 2. The Morgan fingerprint density at radius 1 is 1.05 bits per heavy atom. The van der Waals surface area contributed by atoms with Gasteiger partial charge in [0.1, 0.15) is 24.7 Å². The van der Waals surface area contributed by atoms with E-state index in [1.54, 1.807) is 18.2 Å². The SMILES string of the molecule is CCOc1ccc2nc(N3C(=O)C(=O)C(=C(O)c4ccc5c(c4)OCCO5)[C@@H]3c3ccc(C)cc3)sc2c1. The van der Waals surface area contributed by atoms with E-state index in [-0.39, 0.29) is 11.3 Å². The molecule has 2 aliphatic heterocycles. The highest BCUT2D eigenvalue weighted by atomic mass is 32.1. The molecule has 9 heteroatoms. The second kappa shape index (κ2) is 9.50. The summed E-state index contributed by atoms with van der Waals surface area (Å²) in [7, 11) is 0. The minimum atomic E-state index is -0.865. The molecule has 1 amide bonds. The van der Waals surface area contributed by atoms with Crippen LogP contribution in [0, 0.1) is 6.92 Å². The summed E-state index contributed by atoms with van der Waals surface area (Å²) in [5.74, 6) is -0.0861. The van der Waals surface area contributed by atoms with Crippen LogP contribution in [0.4, 0.5) is 5.13 Å². The third-order valence-corrected chi connectivity index (χ3v) is 7.54. The zero-order valence-electron chi connectivity index (χ0n) is 20.8. The van der Waals surface area contributed by atoms with E-state index in [2.05, 4.69) is 4.98 Å². The van der Waals surface area contributed by atoms with E-state index in [1.165, 1.54) is 16.2 Å². The molecule has 192 valence electrons. The number of hydrogen-bond acceptors (Lipinski definition) is 8. The van der Waals surface area contributed by atoms with Gasteiger partial charge in [-0.25, -0.2) is 4.98 Å². The number of carbonyl (C=O) groups is 2. The van der Waals surface area contributed by atoms with Crippen molar-refractivity contribution < 1.29 is 28.9 Å². The van der Waals surface area contributed by atoms with Crippen molar-refractivity contribution in [3.8, 4) is 17.2 Å². The molecule has 1 saturated heterocycles. The van der Waals surface area contributed by atoms with Gasteiger partial charge in [0.2, 0.25) is 0 Å². The minimum Gasteiger partial charge on any atom is -0.507 e. The number of hydrogen-bond donors (Lipinski definition) is 1. The standard InChI is InChI=1S/C29H24N2O6S/c1-3-35-19-9-10-20-23(15-19)38-29(30-20)31-25(17-6-4-16(2)5-7-17)24(27(33)28(31)34)26(32)18-8-11-21-22(14-18)37-13-12-36-21/h4-11,14-15,25,32H,3,12-13H2,1-2H3/t25-/m0/s1. The van der Waals surface area contributed by atoms with Gasteiger partial charge in [0.15, 0.2) is 16.6 Å². The molecular weight excluding hydrogens is 504 g/mol. The molecule has 0 bridgehead atoms. The number of carbonyl (C=O) groups excluding carboxylic acids is 2. The van der Waals surface area contributed by atoms with E-state index >= 15 is 0 Å². The Kier molecular flexibility index (Phi) is 6.00. The van der Waals surface area contributed by atoms with Crippen LogP contribution in [-0.4, -0.2) is 41.6 Å². The molecule has 3 aromatic carbocycles. The molecule has 1 atom stereocenters. The number of amides is 1. The van der Waals surface area contributed by atoms with Gasteiger partial charge in [0.25, 0.3) is 5.78 Å². The van der Waals surface area contributed by atoms with Crippen molar-refractivity contribution in [2.75, 3.05) is 24.7 Å². The van der Waals surface area contributed by atoms with Gasteiger partial charge in [-0.2, -0.15) is 0 Å². The van der Waals surface area contributed by atoms with E-state index in [1.807, 2.05) is 56.3 Å². The van der Waals surface area contributed by atoms with Crippen LogP contribution in [0.1, 0.15) is 29.7 Å². The number of rotatable bonds is 5. The fraction of sp³-hybridized carbons (Fsp3) is 0.207. The Morgan fingerprint density at radius 3 is 2.58 bits per heavy atom. The minimum absolute atomic E-state index is 0.00945. The van der Waals surface area contributed by atoms with Crippen molar-refractivity contribution in [2.45, 2.75) is 19.9 Å². The lowest BCUT2D eigenvalue weighted by Gasteiger charge is -2.23. The van der Waals surface area contributed by atoms with Crippen LogP contribution in [0.5, 0.6) is 17.2 Å². The molecule has 1 N–H and O–H groups in total. The monoisotopic (exact) mass is 528 g/mol. The van der Waals surface area contributed by atoms with Crippen molar-refractivity contribution >= 4 is 44.1 Å². The summed E-state index contributed by atoms with van der Waals surface area (Å²) in [4.78, 5) is 33.0. The zero-order chi connectivity index (χ0) is 26.4. The highest BCUT2D eigenvalue weighted by Gasteiger charge is 2.48. The molecule has 0 unspecified atom stereocenters. The van der Waals surface area contributed by atoms with E-state index in [9.17, 15) is 14.7 Å². The first kappa shape index (κ1) is 24.0. The molecule has 1 fully saturated rings. The molecule has 6 rings (SSSR count). The number of aliphatic hydroxyl groups excluding tert-OH is 1. The normalized spacial score (nSPS) is 18.3. The number of benzene rings is 3. The van der Waals surface area contributed by atoms with Gasteiger partial charge < -0.3 is 19.3 Å². The zero-order valence-corrected chi connectivity index (χ0v) is 21.6. The summed E-state index contributed by atoms with van der Waals surface area (Å²) >= 11 is 1.29.